The molecule has 0 bridgehead atoms. The van der Waals surface area contributed by atoms with Gasteiger partial charge in [-0.05, 0) is 35.9 Å². The first-order chi connectivity index (χ1) is 9.66. The molecule has 1 heterocycles. The third-order valence-electron chi connectivity index (χ3n) is 3.32. The van der Waals surface area contributed by atoms with E-state index in [1.165, 1.54) is 0 Å². The highest BCUT2D eigenvalue weighted by molar-refractivity contribution is 6.07. The molecule has 1 aromatic heterocycles. The van der Waals surface area contributed by atoms with Gasteiger partial charge in [0, 0.05) is 11.3 Å². The summed E-state index contributed by atoms with van der Waals surface area (Å²) in [7, 11) is 0. The molecular weight excluding hydrogens is 250 g/mol. The Morgan fingerprint density at radius 2 is 1.65 bits per heavy atom. The van der Waals surface area contributed by atoms with Crippen LogP contribution in [0.3, 0.4) is 0 Å². The number of benzene rings is 2. The predicted molar refractivity (Wildman–Crippen MR) is 78.9 cm³/mol. The van der Waals surface area contributed by atoms with E-state index in [1.54, 1.807) is 12.1 Å². The highest BCUT2D eigenvalue weighted by atomic mass is 16.4. The molecule has 2 aromatic carbocycles. The summed E-state index contributed by atoms with van der Waals surface area (Å²) in [5.41, 5.74) is 3.07. The number of aromatic nitrogens is 1. The number of carbonyl (C=O) groups is 1. The lowest BCUT2D eigenvalue weighted by Gasteiger charge is -2.08. The van der Waals surface area contributed by atoms with Crippen molar-refractivity contribution in [2.45, 2.75) is 6.92 Å². The molecule has 0 radical (unpaired) electrons. The maximum absolute atomic E-state index is 11.3. The summed E-state index contributed by atoms with van der Waals surface area (Å²) in [4.78, 5) is 15.8. The molecule has 3 heteroatoms. The van der Waals surface area contributed by atoms with Crippen LogP contribution < -0.4 is 0 Å². The third kappa shape index (κ3) is 2.03. The summed E-state index contributed by atoms with van der Waals surface area (Å²) in [5, 5.41) is 10.9. The van der Waals surface area contributed by atoms with Crippen LogP contribution in [0.15, 0.2) is 54.6 Å². The molecule has 98 valence electrons. The average Bonchev–Trinajstić information content (AvgIpc) is 2.45. The first-order valence-electron chi connectivity index (χ1n) is 6.36. The summed E-state index contributed by atoms with van der Waals surface area (Å²) in [5.74, 6) is -0.912. The Hall–Kier alpha value is -2.68. The van der Waals surface area contributed by atoms with Gasteiger partial charge in [0.25, 0.3) is 0 Å². The second-order valence-corrected chi connectivity index (χ2v) is 4.68. The van der Waals surface area contributed by atoms with Crippen molar-refractivity contribution in [2.75, 3.05) is 0 Å². The molecule has 0 saturated heterocycles. The van der Waals surface area contributed by atoms with E-state index in [0.717, 1.165) is 27.7 Å². The minimum absolute atomic E-state index is 0.317. The summed E-state index contributed by atoms with van der Waals surface area (Å²) in [6, 6.07) is 16.8. The number of carboxylic acids is 1. The molecule has 3 rings (SSSR count). The van der Waals surface area contributed by atoms with Crippen molar-refractivity contribution in [3.8, 4) is 11.3 Å². The van der Waals surface area contributed by atoms with Crippen molar-refractivity contribution in [3.63, 3.8) is 0 Å². The number of aryl methyl sites for hydroxylation is 1. The van der Waals surface area contributed by atoms with Gasteiger partial charge in [0.1, 0.15) is 0 Å². The van der Waals surface area contributed by atoms with E-state index in [0.29, 0.717) is 5.56 Å². The van der Waals surface area contributed by atoms with Gasteiger partial charge in [0.05, 0.1) is 11.3 Å². The van der Waals surface area contributed by atoms with Gasteiger partial charge in [-0.15, -0.1) is 0 Å². The molecule has 1 N–H and O–H groups in total. The summed E-state index contributed by atoms with van der Waals surface area (Å²) in [6.45, 7) is 1.94. The standard InChI is InChI=1S/C17H13NO2/c1-11-5-2-10-16(18-11)14-8-3-7-13-12(14)6-4-9-15(13)17(19)20/h2-10H,1H3,(H,19,20). The highest BCUT2D eigenvalue weighted by Crippen LogP contribution is 2.29. The van der Waals surface area contributed by atoms with Gasteiger partial charge in [0.15, 0.2) is 0 Å². The Morgan fingerprint density at radius 3 is 2.40 bits per heavy atom. The van der Waals surface area contributed by atoms with Gasteiger partial charge < -0.3 is 5.11 Å². The average molecular weight is 263 g/mol. The van der Waals surface area contributed by atoms with Crippen LogP contribution in [0.25, 0.3) is 22.0 Å². The minimum atomic E-state index is -0.912. The number of aromatic carboxylic acids is 1. The van der Waals surface area contributed by atoms with E-state index in [9.17, 15) is 9.90 Å². The monoisotopic (exact) mass is 263 g/mol. The zero-order valence-electron chi connectivity index (χ0n) is 11.0. The van der Waals surface area contributed by atoms with Gasteiger partial charge in [-0.25, -0.2) is 4.79 Å². The van der Waals surface area contributed by atoms with Gasteiger partial charge in [-0.2, -0.15) is 0 Å². The lowest BCUT2D eigenvalue weighted by atomic mass is 9.98. The number of rotatable bonds is 2. The third-order valence-corrected chi connectivity index (χ3v) is 3.32. The normalized spacial score (nSPS) is 10.7. The lowest BCUT2D eigenvalue weighted by Crippen LogP contribution is -1.97. The minimum Gasteiger partial charge on any atom is -0.478 e. The molecule has 0 amide bonds. The van der Waals surface area contributed by atoms with Crippen LogP contribution in [-0.2, 0) is 0 Å². The molecule has 0 aliphatic carbocycles. The first kappa shape index (κ1) is 12.4. The Labute approximate surface area is 116 Å². The van der Waals surface area contributed by atoms with E-state index >= 15 is 0 Å². The number of fused-ring (bicyclic) bond motifs is 1. The van der Waals surface area contributed by atoms with E-state index in [4.69, 9.17) is 0 Å². The van der Waals surface area contributed by atoms with Crippen molar-refractivity contribution >= 4 is 16.7 Å². The zero-order valence-corrected chi connectivity index (χ0v) is 11.0. The fourth-order valence-corrected chi connectivity index (χ4v) is 2.41. The van der Waals surface area contributed by atoms with E-state index in [-0.39, 0.29) is 0 Å². The number of nitrogens with zero attached hydrogens (tertiary/aromatic N) is 1. The van der Waals surface area contributed by atoms with Crippen LogP contribution in [0, 0.1) is 6.92 Å². The molecule has 0 spiro atoms. The zero-order chi connectivity index (χ0) is 14.1. The molecule has 0 atom stereocenters. The SMILES string of the molecule is Cc1cccc(-c2cccc3c(C(=O)O)cccc23)n1. The predicted octanol–water partition coefficient (Wildman–Crippen LogP) is 3.91. The topological polar surface area (TPSA) is 50.2 Å². The Morgan fingerprint density at radius 1 is 0.950 bits per heavy atom. The maximum Gasteiger partial charge on any atom is 0.336 e. The highest BCUT2D eigenvalue weighted by Gasteiger charge is 2.11. The molecule has 3 aromatic rings. The van der Waals surface area contributed by atoms with Gasteiger partial charge >= 0.3 is 5.97 Å². The largest absolute Gasteiger partial charge is 0.478 e. The van der Waals surface area contributed by atoms with Crippen molar-refractivity contribution < 1.29 is 9.90 Å². The summed E-state index contributed by atoms with van der Waals surface area (Å²) >= 11 is 0. The van der Waals surface area contributed by atoms with Crippen LogP contribution in [0.5, 0.6) is 0 Å². The molecule has 0 fully saturated rings. The first-order valence-corrected chi connectivity index (χ1v) is 6.36. The number of hydrogen-bond acceptors (Lipinski definition) is 2. The summed E-state index contributed by atoms with van der Waals surface area (Å²) < 4.78 is 0. The number of pyridine rings is 1. The lowest BCUT2D eigenvalue weighted by molar-refractivity contribution is 0.0699. The van der Waals surface area contributed by atoms with Crippen LogP contribution in [-0.4, -0.2) is 16.1 Å². The van der Waals surface area contributed by atoms with Crippen LogP contribution in [0.1, 0.15) is 16.1 Å². The molecule has 0 saturated carbocycles. The number of carboxylic acid groups (broad SMARTS) is 1. The van der Waals surface area contributed by atoms with Crippen molar-refractivity contribution in [1.29, 1.82) is 0 Å². The molecule has 3 nitrogen and oxygen atoms in total. The molecule has 0 aliphatic rings. The van der Waals surface area contributed by atoms with E-state index < -0.39 is 5.97 Å². The van der Waals surface area contributed by atoms with Crippen molar-refractivity contribution in [2.24, 2.45) is 0 Å². The van der Waals surface area contributed by atoms with Crippen LogP contribution in [0.4, 0.5) is 0 Å². The fourth-order valence-electron chi connectivity index (χ4n) is 2.41. The van der Waals surface area contributed by atoms with Crippen LogP contribution in [0.2, 0.25) is 0 Å². The van der Waals surface area contributed by atoms with Gasteiger partial charge in [-0.1, -0.05) is 36.4 Å². The Bertz CT molecular complexity index is 809. The van der Waals surface area contributed by atoms with E-state index in [2.05, 4.69) is 4.98 Å². The maximum atomic E-state index is 11.3. The van der Waals surface area contributed by atoms with Crippen LogP contribution >= 0.6 is 0 Å². The molecule has 0 aliphatic heterocycles. The van der Waals surface area contributed by atoms with Crippen molar-refractivity contribution in [1.82, 2.24) is 4.98 Å². The van der Waals surface area contributed by atoms with Gasteiger partial charge in [0.2, 0.25) is 0 Å². The number of hydrogen-bond donors (Lipinski definition) is 1. The second kappa shape index (κ2) is 4.78. The molecule has 0 unspecified atom stereocenters. The van der Waals surface area contributed by atoms with E-state index in [1.807, 2.05) is 49.4 Å². The fraction of sp³-hybridized carbons (Fsp3) is 0.0588. The quantitative estimate of drug-likeness (QED) is 0.762. The second-order valence-electron chi connectivity index (χ2n) is 4.68. The Kier molecular flexibility index (Phi) is 2.95. The van der Waals surface area contributed by atoms with Crippen molar-refractivity contribution in [3.05, 3.63) is 65.9 Å². The summed E-state index contributed by atoms with van der Waals surface area (Å²) in [6.07, 6.45) is 0. The molecule has 20 heavy (non-hydrogen) atoms. The Balaban J connectivity index is 2.33. The van der Waals surface area contributed by atoms with Gasteiger partial charge in [-0.3, -0.25) is 4.98 Å². The smallest absolute Gasteiger partial charge is 0.336 e. The molecular formula is C17H13NO2.